The van der Waals surface area contributed by atoms with Crippen LogP contribution in [0.1, 0.15) is 49.9 Å². The molecular formula is C46H56N2O12S2Se2. The molecule has 4 fully saturated rings. The van der Waals surface area contributed by atoms with Crippen LogP contribution >= 0.6 is 0 Å². The molecule has 18 heteroatoms. The molecule has 346 valence electrons. The van der Waals surface area contributed by atoms with Gasteiger partial charge in [-0.15, -0.1) is 0 Å². The number of aryl methyl sites for hydroxylation is 2. The van der Waals surface area contributed by atoms with Crippen molar-refractivity contribution in [1.29, 1.82) is 0 Å². The van der Waals surface area contributed by atoms with E-state index in [1.807, 2.05) is 102 Å². The Morgan fingerprint density at radius 1 is 0.547 bits per heavy atom. The maximum absolute atomic E-state index is 14.1. The summed E-state index contributed by atoms with van der Waals surface area (Å²) in [5.74, 6) is -1.87. The van der Waals surface area contributed by atoms with E-state index >= 15 is 0 Å². The molecule has 0 saturated carbocycles. The van der Waals surface area contributed by atoms with Gasteiger partial charge in [-0.1, -0.05) is 0 Å². The Bertz CT molecular complexity index is 2230. The van der Waals surface area contributed by atoms with E-state index in [-0.39, 0.29) is 49.3 Å². The van der Waals surface area contributed by atoms with E-state index in [0.717, 1.165) is 22.3 Å². The second-order valence-electron chi connectivity index (χ2n) is 17.3. The molecule has 0 amide bonds. The van der Waals surface area contributed by atoms with Gasteiger partial charge in [0.15, 0.2) is 0 Å². The van der Waals surface area contributed by atoms with Gasteiger partial charge in [-0.2, -0.15) is 0 Å². The summed E-state index contributed by atoms with van der Waals surface area (Å²) in [6, 6.07) is 31.3. The fourth-order valence-corrected chi connectivity index (χ4v) is 18.6. The summed E-state index contributed by atoms with van der Waals surface area (Å²) in [4.78, 5) is 0.247. The first-order chi connectivity index (χ1) is 30.5. The zero-order valence-corrected chi connectivity index (χ0v) is 41.6. The first-order valence-electron chi connectivity index (χ1n) is 21.2. The Hall–Kier alpha value is -2.58. The van der Waals surface area contributed by atoms with Gasteiger partial charge in [0.2, 0.25) is 0 Å². The number of fused-ring (bicyclic) bond motifs is 2. The zero-order chi connectivity index (χ0) is 45.3. The first kappa shape index (κ1) is 47.9. The Kier molecular flexibility index (Phi) is 14.9. The molecule has 0 aliphatic carbocycles. The van der Waals surface area contributed by atoms with Crippen molar-refractivity contribution < 1.29 is 54.7 Å². The predicted octanol–water partition coefficient (Wildman–Crippen LogP) is 5.38. The van der Waals surface area contributed by atoms with E-state index in [1.165, 1.54) is 0 Å². The average Bonchev–Trinajstić information content (AvgIpc) is 3.95. The number of benzene rings is 4. The van der Waals surface area contributed by atoms with E-state index < -0.39 is 92.9 Å². The molecule has 0 spiro atoms. The van der Waals surface area contributed by atoms with Crippen LogP contribution in [0.15, 0.2) is 119 Å². The van der Waals surface area contributed by atoms with Gasteiger partial charge in [0.25, 0.3) is 0 Å². The minimum atomic E-state index is -4.04. The van der Waals surface area contributed by atoms with E-state index in [0.29, 0.717) is 10.6 Å². The van der Waals surface area contributed by atoms with Gasteiger partial charge in [-0.25, -0.2) is 0 Å². The van der Waals surface area contributed by atoms with Crippen LogP contribution in [0.25, 0.3) is 0 Å². The summed E-state index contributed by atoms with van der Waals surface area (Å²) in [5, 5.41) is 0.776. The topological polar surface area (TPSA) is 166 Å². The van der Waals surface area contributed by atoms with Crippen molar-refractivity contribution in [2.24, 2.45) is 0 Å². The molecule has 0 radical (unpaired) electrons. The second-order valence-corrected chi connectivity index (χ2v) is 28.3. The fraction of sp³-hybridized carbons (Fsp3) is 0.478. The molecule has 4 saturated heterocycles. The van der Waals surface area contributed by atoms with Gasteiger partial charge in [-0.05, 0) is 0 Å². The van der Waals surface area contributed by atoms with Crippen LogP contribution in [-0.4, -0.2) is 116 Å². The third-order valence-electron chi connectivity index (χ3n) is 11.3. The van der Waals surface area contributed by atoms with Crippen LogP contribution in [0, 0.1) is 13.8 Å². The zero-order valence-electron chi connectivity index (χ0n) is 36.5. The third-order valence-corrected chi connectivity index (χ3v) is 21.5. The molecule has 4 aliphatic rings. The van der Waals surface area contributed by atoms with Crippen LogP contribution in [0.3, 0.4) is 0 Å². The number of nitrogens with one attached hydrogen (secondary N) is 2. The molecule has 4 heterocycles. The molecule has 0 aromatic heterocycles. The molecule has 14 nitrogen and oxygen atoms in total. The van der Waals surface area contributed by atoms with E-state index in [4.69, 9.17) is 37.9 Å². The molecule has 64 heavy (non-hydrogen) atoms. The molecule has 10 atom stereocenters. The first-order valence-corrected chi connectivity index (χ1v) is 30.9. The van der Waals surface area contributed by atoms with Gasteiger partial charge >= 0.3 is 390 Å². The molecule has 4 aromatic rings. The van der Waals surface area contributed by atoms with Crippen LogP contribution in [-0.2, 0) is 71.2 Å². The van der Waals surface area contributed by atoms with Gasteiger partial charge in [0.1, 0.15) is 0 Å². The number of rotatable bonds is 19. The van der Waals surface area contributed by atoms with Crippen molar-refractivity contribution in [3.8, 4) is 0 Å². The number of ether oxygens (including phenoxy) is 8. The summed E-state index contributed by atoms with van der Waals surface area (Å²) in [7, 11) is -8.07. The summed E-state index contributed by atoms with van der Waals surface area (Å²) in [6.07, 6.45) is -5.74. The summed E-state index contributed by atoms with van der Waals surface area (Å²) in [5.41, 5.74) is 3.73. The van der Waals surface area contributed by atoms with Gasteiger partial charge in [0.05, 0.1) is 0 Å². The Labute approximate surface area is 387 Å². The van der Waals surface area contributed by atoms with Crippen molar-refractivity contribution >= 4 is 46.3 Å². The quantitative estimate of drug-likeness (QED) is 0.0912. The van der Waals surface area contributed by atoms with Crippen LogP contribution in [0.2, 0.25) is 10.6 Å². The monoisotopic (exact) mass is 1050 g/mol. The van der Waals surface area contributed by atoms with Crippen molar-refractivity contribution in [3.63, 3.8) is 0 Å². The standard InChI is InChI=1S/C46H56N2O12S2Se2/c1-29-17-21-33(22-18-29)61(49,50)47-35(37-39(53-25-31-13-9-7-10-14-31)41-43(55-37)59-45(3,4)57-41)27-63-64-28-36(48-62(51,52)34-23-19-30(2)20-24-34)38-40(54-26-32-15-11-8-12-16-32)42-44(56-38)60-46(5,6)58-42/h7-24,35-44,47-48H,25-28H2,1-6H3/t35-,36-,37+,38+,39-,40-,41+,42+,43+,44+/m0/s1. The van der Waals surface area contributed by atoms with Gasteiger partial charge in [-0.3, -0.25) is 0 Å². The Morgan fingerprint density at radius 2 is 0.906 bits per heavy atom. The summed E-state index contributed by atoms with van der Waals surface area (Å²) < 4.78 is 114. The molecular weight excluding hydrogens is 995 g/mol. The van der Waals surface area contributed by atoms with Crippen molar-refractivity contribution in [3.05, 3.63) is 131 Å². The number of hydrogen-bond acceptors (Lipinski definition) is 12. The van der Waals surface area contributed by atoms with Crippen molar-refractivity contribution in [2.45, 2.75) is 148 Å². The predicted molar refractivity (Wildman–Crippen MR) is 239 cm³/mol. The minimum absolute atomic E-state index is 0.123. The van der Waals surface area contributed by atoms with E-state index in [1.54, 1.807) is 48.5 Å². The Balaban J connectivity index is 1.05. The average molecular weight is 1050 g/mol. The van der Waals surface area contributed by atoms with E-state index in [2.05, 4.69) is 9.44 Å². The van der Waals surface area contributed by atoms with Crippen molar-refractivity contribution in [2.75, 3.05) is 0 Å². The molecule has 4 aromatic carbocycles. The van der Waals surface area contributed by atoms with Gasteiger partial charge < -0.3 is 0 Å². The Morgan fingerprint density at radius 3 is 1.27 bits per heavy atom. The van der Waals surface area contributed by atoms with Gasteiger partial charge in [0, 0.05) is 0 Å². The van der Waals surface area contributed by atoms with Crippen molar-refractivity contribution in [1.82, 2.24) is 9.44 Å². The second kappa shape index (κ2) is 19.9. The molecule has 4 aliphatic heterocycles. The summed E-state index contributed by atoms with van der Waals surface area (Å²) >= 11 is -0.451. The SMILES string of the molecule is Cc1ccc(S(=O)(=O)N[C@@H](C[Se][Se]C[C@H](NS(=O)(=O)c2ccc(C)cc2)[C@H]2O[C@@H]3OC(C)(C)O[C@@H]3[C@H]2OCc2ccccc2)[C@H]2O[C@@H]3OC(C)(C)O[C@@H]3[C@H]2OCc2ccccc2)cc1. The van der Waals surface area contributed by atoms with Crippen LogP contribution < -0.4 is 9.44 Å². The molecule has 0 bridgehead atoms. The molecule has 2 N–H and O–H groups in total. The van der Waals surface area contributed by atoms with Crippen LogP contribution in [0.5, 0.6) is 0 Å². The fourth-order valence-electron chi connectivity index (χ4n) is 8.17. The number of sulfonamides is 2. The normalized spacial score (nSPS) is 28.2. The third kappa shape index (κ3) is 11.6. The van der Waals surface area contributed by atoms with E-state index in [9.17, 15) is 16.8 Å². The van der Waals surface area contributed by atoms with Crippen LogP contribution in [0.4, 0.5) is 0 Å². The maximum atomic E-state index is 14.1. The number of hydrogen-bond donors (Lipinski definition) is 2. The summed E-state index contributed by atoms with van der Waals surface area (Å²) in [6.45, 7) is 11.5. The molecule has 8 rings (SSSR count). The molecule has 0 unspecified atom stereocenters.